The average molecular weight is 256 g/mol. The van der Waals surface area contributed by atoms with E-state index in [1.54, 1.807) is 24.3 Å². The smallest absolute Gasteiger partial charge is 0.410 e. The maximum atomic E-state index is 11.5. The molecule has 1 fully saturated rings. The largest absolute Gasteiger partial charge is 0.414 e. The lowest BCUT2D eigenvalue weighted by molar-refractivity contribution is -0.00127. The highest BCUT2D eigenvalue weighted by atomic mass is 35.5. The van der Waals surface area contributed by atoms with Gasteiger partial charge in [-0.3, -0.25) is 5.32 Å². The van der Waals surface area contributed by atoms with Gasteiger partial charge in [-0.2, -0.15) is 0 Å². The Hall–Kier alpha value is -1.26. The lowest BCUT2D eigenvalue weighted by Crippen LogP contribution is -2.40. The van der Waals surface area contributed by atoms with E-state index in [0.29, 0.717) is 17.4 Å². The van der Waals surface area contributed by atoms with Crippen LogP contribution in [-0.4, -0.2) is 18.9 Å². The number of carbonyl (C=O) groups is 1. The molecule has 2 rings (SSSR count). The number of carbonyl (C=O) groups excluding carboxylic acids is 1. The molecule has 1 heterocycles. The summed E-state index contributed by atoms with van der Waals surface area (Å²) in [5.74, 6) is 0.461. The van der Waals surface area contributed by atoms with Gasteiger partial charge in [0.25, 0.3) is 0 Å². The standard InChI is InChI=1S/C12H14ClNO3/c13-9-4-6-10(7-5-9)17-12(15)14-11-3-1-2-8-16-11/h4-7,11H,1-3,8H2,(H,14,15)/t11-/m0/s1. The van der Waals surface area contributed by atoms with Crippen LogP contribution in [-0.2, 0) is 4.74 Å². The summed E-state index contributed by atoms with van der Waals surface area (Å²) < 4.78 is 10.5. The molecule has 0 bridgehead atoms. The summed E-state index contributed by atoms with van der Waals surface area (Å²) in [5, 5.41) is 3.27. The summed E-state index contributed by atoms with van der Waals surface area (Å²) in [6.45, 7) is 0.686. The second-order valence-corrected chi connectivity index (χ2v) is 4.28. The van der Waals surface area contributed by atoms with Crippen LogP contribution < -0.4 is 10.1 Å². The summed E-state index contributed by atoms with van der Waals surface area (Å²) >= 11 is 5.73. The number of hydrogen-bond donors (Lipinski definition) is 1. The van der Waals surface area contributed by atoms with Crippen molar-refractivity contribution in [1.29, 1.82) is 0 Å². The zero-order chi connectivity index (χ0) is 12.1. The number of nitrogens with one attached hydrogen (secondary N) is 1. The first-order valence-electron chi connectivity index (χ1n) is 5.59. The molecule has 1 atom stereocenters. The van der Waals surface area contributed by atoms with Crippen LogP contribution in [0.3, 0.4) is 0 Å². The Morgan fingerprint density at radius 3 is 2.76 bits per heavy atom. The molecule has 4 nitrogen and oxygen atoms in total. The van der Waals surface area contributed by atoms with Crippen LogP contribution in [0.25, 0.3) is 0 Å². The molecule has 17 heavy (non-hydrogen) atoms. The van der Waals surface area contributed by atoms with Crippen molar-refractivity contribution >= 4 is 17.7 Å². The van der Waals surface area contributed by atoms with Crippen LogP contribution in [0.5, 0.6) is 5.75 Å². The van der Waals surface area contributed by atoms with Crippen molar-refractivity contribution in [1.82, 2.24) is 5.32 Å². The van der Waals surface area contributed by atoms with Gasteiger partial charge in [0.05, 0.1) is 0 Å². The normalized spacial score (nSPS) is 19.7. The van der Waals surface area contributed by atoms with Gasteiger partial charge in [0.2, 0.25) is 0 Å². The lowest BCUT2D eigenvalue weighted by Gasteiger charge is -2.22. The Labute approximate surface area is 105 Å². The second-order valence-electron chi connectivity index (χ2n) is 3.84. The minimum Gasteiger partial charge on any atom is -0.410 e. The minimum atomic E-state index is -0.501. The molecule has 0 aliphatic carbocycles. The number of halogens is 1. The van der Waals surface area contributed by atoms with Crippen LogP contribution in [0.4, 0.5) is 4.79 Å². The van der Waals surface area contributed by atoms with Crippen molar-refractivity contribution in [3.63, 3.8) is 0 Å². The summed E-state index contributed by atoms with van der Waals surface area (Å²) in [7, 11) is 0. The van der Waals surface area contributed by atoms with Crippen molar-refractivity contribution in [3.05, 3.63) is 29.3 Å². The molecular formula is C12H14ClNO3. The van der Waals surface area contributed by atoms with Gasteiger partial charge in [-0.25, -0.2) is 4.79 Å². The maximum Gasteiger partial charge on any atom is 0.414 e. The Balaban J connectivity index is 1.82. The minimum absolute atomic E-state index is 0.233. The van der Waals surface area contributed by atoms with E-state index >= 15 is 0 Å². The Kier molecular flexibility index (Phi) is 4.23. The average Bonchev–Trinajstić information content (AvgIpc) is 2.33. The summed E-state index contributed by atoms with van der Waals surface area (Å²) in [5.41, 5.74) is 0. The molecule has 1 amide bonds. The van der Waals surface area contributed by atoms with E-state index in [1.807, 2.05) is 0 Å². The molecule has 0 radical (unpaired) electrons. The number of hydrogen-bond acceptors (Lipinski definition) is 3. The summed E-state index contributed by atoms with van der Waals surface area (Å²) in [6.07, 6.45) is 2.20. The topological polar surface area (TPSA) is 47.6 Å². The SMILES string of the molecule is O=C(N[C@@H]1CCCCO1)Oc1ccc(Cl)cc1. The number of ether oxygens (including phenoxy) is 2. The molecule has 0 aromatic heterocycles. The highest BCUT2D eigenvalue weighted by molar-refractivity contribution is 6.30. The van der Waals surface area contributed by atoms with Crippen LogP contribution in [0.1, 0.15) is 19.3 Å². The van der Waals surface area contributed by atoms with E-state index in [9.17, 15) is 4.79 Å². The molecule has 1 aliphatic heterocycles. The van der Waals surface area contributed by atoms with E-state index in [4.69, 9.17) is 21.1 Å². The summed E-state index contributed by atoms with van der Waals surface area (Å²) in [4.78, 5) is 11.5. The first-order chi connectivity index (χ1) is 8.24. The van der Waals surface area contributed by atoms with Crippen molar-refractivity contribution in [2.75, 3.05) is 6.61 Å². The molecule has 1 aliphatic rings. The Morgan fingerprint density at radius 2 is 2.12 bits per heavy atom. The number of amides is 1. The van der Waals surface area contributed by atoms with E-state index < -0.39 is 6.09 Å². The fourth-order valence-electron chi connectivity index (χ4n) is 1.63. The van der Waals surface area contributed by atoms with E-state index in [0.717, 1.165) is 19.3 Å². The van der Waals surface area contributed by atoms with Crippen LogP contribution in [0, 0.1) is 0 Å². The zero-order valence-electron chi connectivity index (χ0n) is 9.32. The number of rotatable bonds is 2. The van der Waals surface area contributed by atoms with E-state index in [2.05, 4.69) is 5.32 Å². The van der Waals surface area contributed by atoms with Gasteiger partial charge in [0.15, 0.2) is 0 Å². The van der Waals surface area contributed by atoms with Gasteiger partial charge in [0.1, 0.15) is 12.0 Å². The second kappa shape index (κ2) is 5.89. The predicted octanol–water partition coefficient (Wildman–Crippen LogP) is 2.96. The van der Waals surface area contributed by atoms with Crippen molar-refractivity contribution in [2.45, 2.75) is 25.5 Å². The molecule has 1 aromatic rings. The van der Waals surface area contributed by atoms with Gasteiger partial charge in [-0.15, -0.1) is 0 Å². The first-order valence-corrected chi connectivity index (χ1v) is 5.97. The Bertz CT molecular complexity index is 374. The highest BCUT2D eigenvalue weighted by Gasteiger charge is 2.16. The predicted molar refractivity (Wildman–Crippen MR) is 64.2 cm³/mol. The van der Waals surface area contributed by atoms with Gasteiger partial charge < -0.3 is 9.47 Å². The van der Waals surface area contributed by atoms with Gasteiger partial charge in [-0.1, -0.05) is 11.6 Å². The molecule has 5 heteroatoms. The zero-order valence-corrected chi connectivity index (χ0v) is 10.1. The van der Waals surface area contributed by atoms with E-state index in [1.165, 1.54) is 0 Å². The molecular weight excluding hydrogens is 242 g/mol. The molecule has 1 saturated heterocycles. The fourth-order valence-corrected chi connectivity index (χ4v) is 1.75. The molecule has 0 saturated carbocycles. The molecule has 0 spiro atoms. The highest BCUT2D eigenvalue weighted by Crippen LogP contribution is 2.16. The van der Waals surface area contributed by atoms with Crippen molar-refractivity contribution in [2.24, 2.45) is 0 Å². The fraction of sp³-hybridized carbons (Fsp3) is 0.417. The van der Waals surface area contributed by atoms with Crippen LogP contribution in [0.15, 0.2) is 24.3 Å². The van der Waals surface area contributed by atoms with Crippen molar-refractivity contribution in [3.8, 4) is 5.75 Å². The van der Waals surface area contributed by atoms with Gasteiger partial charge >= 0.3 is 6.09 Å². The van der Waals surface area contributed by atoms with Gasteiger partial charge in [0, 0.05) is 11.6 Å². The quantitative estimate of drug-likeness (QED) is 0.884. The number of benzene rings is 1. The maximum absolute atomic E-state index is 11.5. The monoisotopic (exact) mass is 255 g/mol. The molecule has 0 unspecified atom stereocenters. The third kappa shape index (κ3) is 3.91. The first kappa shape index (κ1) is 12.2. The summed E-state index contributed by atoms with van der Waals surface area (Å²) in [6, 6.07) is 6.62. The third-order valence-electron chi connectivity index (χ3n) is 2.48. The van der Waals surface area contributed by atoms with E-state index in [-0.39, 0.29) is 6.23 Å². The molecule has 92 valence electrons. The van der Waals surface area contributed by atoms with Crippen LogP contribution in [0.2, 0.25) is 5.02 Å². The Morgan fingerprint density at radius 1 is 1.35 bits per heavy atom. The van der Waals surface area contributed by atoms with Crippen LogP contribution >= 0.6 is 11.6 Å². The third-order valence-corrected chi connectivity index (χ3v) is 2.73. The van der Waals surface area contributed by atoms with Gasteiger partial charge in [-0.05, 0) is 43.5 Å². The van der Waals surface area contributed by atoms with Crippen molar-refractivity contribution < 1.29 is 14.3 Å². The molecule has 1 N–H and O–H groups in total. The lowest BCUT2D eigenvalue weighted by atomic mass is 10.2. The molecule has 1 aromatic carbocycles.